The minimum Gasteiger partial charge on any atom is -0.454 e. The molecule has 0 spiro atoms. The predicted molar refractivity (Wildman–Crippen MR) is 226 cm³/mol. The van der Waals surface area contributed by atoms with Gasteiger partial charge in [0.2, 0.25) is 5.95 Å². The Balaban J connectivity index is 0.000000208. The van der Waals surface area contributed by atoms with Crippen LogP contribution in [-0.4, -0.2) is 73.6 Å². The van der Waals surface area contributed by atoms with Crippen molar-refractivity contribution < 1.29 is 32.6 Å². The summed E-state index contributed by atoms with van der Waals surface area (Å²) in [6.07, 6.45) is 7.82. The Bertz CT molecular complexity index is 2790. The number of hydrogen-bond donors (Lipinski definition) is 1. The number of ether oxygens (including phenoxy) is 3. The standard InChI is InChI=1S/C25H26ClF2N7O3.C15H12BrClN4O2/c1-13(36)7-14-8-16(5-6-29-14)38-18-12-30-23-22(21(18)26)34(3)24(32-23)31-20-11-19(25(2,27)28)35(33-20)15-9-17(10-15)37-4;1-8(22)5-9-6-10(3-4-18-9)23-11-7-19-14-13(12(11)17)21(2)15(16)20-14/h5-6,8,11-12,15,17H,7,9-10H2,1-4H3,(H,30,31,32,33);3-4,6-7H,5H2,1-2H3. The lowest BCUT2D eigenvalue weighted by Gasteiger charge is -2.35. The number of pyridine rings is 4. The highest BCUT2D eigenvalue weighted by atomic mass is 79.9. The number of rotatable bonds is 13. The van der Waals surface area contributed by atoms with Gasteiger partial charge in [-0.15, -0.1) is 0 Å². The Morgan fingerprint density at radius 3 is 1.89 bits per heavy atom. The van der Waals surface area contributed by atoms with Crippen molar-refractivity contribution in [2.45, 2.75) is 64.5 Å². The Kier molecular flexibility index (Phi) is 12.7. The van der Waals surface area contributed by atoms with Crippen molar-refractivity contribution in [1.82, 2.24) is 48.8 Å². The zero-order valence-electron chi connectivity index (χ0n) is 33.6. The number of nitrogens with one attached hydrogen (secondary N) is 1. The number of halogens is 5. The molecule has 0 amide bonds. The highest BCUT2D eigenvalue weighted by Gasteiger charge is 2.38. The summed E-state index contributed by atoms with van der Waals surface area (Å²) in [5.74, 6) is -0.830. The molecule has 16 nitrogen and oxygen atoms in total. The van der Waals surface area contributed by atoms with Crippen molar-refractivity contribution in [1.29, 1.82) is 0 Å². The summed E-state index contributed by atoms with van der Waals surface area (Å²) in [7, 11) is 5.15. The number of aromatic nitrogens is 10. The quantitative estimate of drug-likeness (QED) is 0.116. The van der Waals surface area contributed by atoms with Crippen molar-refractivity contribution in [2.24, 2.45) is 14.1 Å². The van der Waals surface area contributed by atoms with E-state index in [0.29, 0.717) is 79.5 Å². The van der Waals surface area contributed by atoms with Gasteiger partial charge in [-0.3, -0.25) is 24.2 Å². The van der Waals surface area contributed by atoms with Gasteiger partial charge in [-0.1, -0.05) is 23.2 Å². The third-order valence-corrected chi connectivity index (χ3v) is 11.1. The number of carbonyl (C=O) groups excluding carboxylic acids is 2. The Morgan fingerprint density at radius 2 is 1.38 bits per heavy atom. The van der Waals surface area contributed by atoms with Crippen LogP contribution in [0.3, 0.4) is 0 Å². The van der Waals surface area contributed by atoms with E-state index in [9.17, 15) is 18.4 Å². The van der Waals surface area contributed by atoms with E-state index in [0.717, 1.165) is 6.92 Å². The molecule has 7 heterocycles. The number of aryl methyl sites for hydroxylation is 2. The van der Waals surface area contributed by atoms with Crippen LogP contribution in [0.2, 0.25) is 10.0 Å². The van der Waals surface area contributed by atoms with Gasteiger partial charge >= 0.3 is 0 Å². The number of fused-ring (bicyclic) bond motifs is 2. The second kappa shape index (κ2) is 17.8. The summed E-state index contributed by atoms with van der Waals surface area (Å²) in [5, 5.41) is 8.10. The first kappa shape index (κ1) is 43.5. The molecular formula is C40H38BrCl2F2N11O5. The fourth-order valence-corrected chi connectivity index (χ4v) is 7.50. The van der Waals surface area contributed by atoms with Gasteiger partial charge in [0.1, 0.15) is 49.8 Å². The summed E-state index contributed by atoms with van der Waals surface area (Å²) < 4.78 is 51.2. The van der Waals surface area contributed by atoms with E-state index in [1.807, 2.05) is 7.05 Å². The second-order valence-corrected chi connectivity index (χ2v) is 15.9. The number of anilines is 2. The van der Waals surface area contributed by atoms with Gasteiger partial charge in [0, 0.05) is 71.6 Å². The van der Waals surface area contributed by atoms with Crippen LogP contribution < -0.4 is 14.8 Å². The summed E-state index contributed by atoms with van der Waals surface area (Å²) in [4.78, 5) is 48.2. The zero-order valence-corrected chi connectivity index (χ0v) is 36.7. The van der Waals surface area contributed by atoms with Crippen LogP contribution >= 0.6 is 39.1 Å². The molecule has 7 aromatic rings. The SMILES string of the molecule is CC(=O)Cc1cc(Oc2cnc3nc(Br)n(C)c3c2Cl)ccn1.COC1CC(n2nc(Nc3nc4ncc(Oc5ccnc(CC(C)=O)c5)c(Cl)c4n3C)cc2C(C)(F)F)C1. The number of alkyl halides is 2. The van der Waals surface area contributed by atoms with Gasteiger partial charge in [-0.2, -0.15) is 18.9 Å². The van der Waals surface area contributed by atoms with E-state index in [-0.39, 0.29) is 58.8 Å². The molecule has 0 saturated heterocycles. The third kappa shape index (κ3) is 9.64. The van der Waals surface area contributed by atoms with Gasteiger partial charge in [-0.25, -0.2) is 15.0 Å². The molecule has 0 aromatic carbocycles. The van der Waals surface area contributed by atoms with Crippen molar-refractivity contribution >= 4 is 84.8 Å². The van der Waals surface area contributed by atoms with Gasteiger partial charge in [0.05, 0.1) is 35.9 Å². The van der Waals surface area contributed by atoms with Crippen LogP contribution in [0.25, 0.3) is 22.3 Å². The number of Topliss-reactive ketones (excluding diaryl/α,β-unsaturated/α-hetero) is 2. The van der Waals surface area contributed by atoms with E-state index in [2.05, 4.69) is 56.2 Å². The fourth-order valence-electron chi connectivity index (χ4n) is 6.56. The summed E-state index contributed by atoms with van der Waals surface area (Å²) in [6, 6.07) is 7.87. The molecule has 1 aliphatic carbocycles. The number of imidazole rings is 2. The smallest absolute Gasteiger partial charge is 0.286 e. The van der Waals surface area contributed by atoms with E-state index in [1.165, 1.54) is 37.0 Å². The highest BCUT2D eigenvalue weighted by molar-refractivity contribution is 9.10. The van der Waals surface area contributed by atoms with E-state index in [4.69, 9.17) is 37.4 Å². The molecule has 1 fully saturated rings. The topological polar surface area (TPSA) is 179 Å². The van der Waals surface area contributed by atoms with E-state index >= 15 is 0 Å². The van der Waals surface area contributed by atoms with Gasteiger partial charge < -0.3 is 28.7 Å². The maximum Gasteiger partial charge on any atom is 0.286 e. The van der Waals surface area contributed by atoms with Crippen molar-refractivity contribution in [3.05, 3.63) is 87.0 Å². The lowest BCUT2D eigenvalue weighted by Crippen LogP contribution is -2.35. The minimum absolute atomic E-state index is 0.0165. The van der Waals surface area contributed by atoms with Gasteiger partial charge in [-0.05, 0) is 54.8 Å². The number of nitrogens with zero attached hydrogens (tertiary/aromatic N) is 10. The minimum atomic E-state index is -3.08. The number of methoxy groups -OCH3 is 1. The van der Waals surface area contributed by atoms with Crippen LogP contribution in [0.1, 0.15) is 56.7 Å². The van der Waals surface area contributed by atoms with Crippen LogP contribution in [0.5, 0.6) is 23.0 Å². The summed E-state index contributed by atoms with van der Waals surface area (Å²) >= 11 is 16.4. The lowest BCUT2D eigenvalue weighted by atomic mass is 9.89. The Labute approximate surface area is 365 Å². The normalized spacial score (nSPS) is 15.0. The first-order valence-electron chi connectivity index (χ1n) is 18.7. The van der Waals surface area contributed by atoms with Crippen molar-refractivity contribution in [3.63, 3.8) is 0 Å². The molecule has 0 atom stereocenters. The molecule has 318 valence electrons. The summed E-state index contributed by atoms with van der Waals surface area (Å²) in [5.41, 5.74) is 3.05. The van der Waals surface area contributed by atoms with Crippen LogP contribution in [-0.2, 0) is 47.2 Å². The maximum absolute atomic E-state index is 14.4. The average molecular weight is 942 g/mol. The third-order valence-electron chi connectivity index (χ3n) is 9.62. The molecule has 0 bridgehead atoms. The molecular weight excluding hydrogens is 903 g/mol. The maximum atomic E-state index is 14.4. The largest absolute Gasteiger partial charge is 0.454 e. The van der Waals surface area contributed by atoms with Crippen LogP contribution in [0.4, 0.5) is 20.5 Å². The first-order valence-corrected chi connectivity index (χ1v) is 20.2. The molecule has 1 N–H and O–H groups in total. The van der Waals surface area contributed by atoms with E-state index < -0.39 is 5.92 Å². The number of hydrogen-bond acceptors (Lipinski definition) is 13. The fraction of sp³-hybridized carbons (Fsp3) is 0.325. The van der Waals surface area contributed by atoms with Crippen LogP contribution in [0.15, 0.2) is 59.9 Å². The van der Waals surface area contributed by atoms with Gasteiger partial charge in [0.15, 0.2) is 33.3 Å². The predicted octanol–water partition coefficient (Wildman–Crippen LogP) is 9.05. The molecule has 8 rings (SSSR count). The molecule has 1 saturated carbocycles. The lowest BCUT2D eigenvalue weighted by molar-refractivity contribution is -0.117. The molecule has 0 aliphatic heterocycles. The molecule has 21 heteroatoms. The zero-order chi connectivity index (χ0) is 43.7. The van der Waals surface area contributed by atoms with E-state index in [1.54, 1.807) is 60.0 Å². The van der Waals surface area contributed by atoms with Crippen molar-refractivity contribution in [2.75, 3.05) is 12.4 Å². The highest BCUT2D eigenvalue weighted by Crippen LogP contribution is 2.41. The van der Waals surface area contributed by atoms with Crippen molar-refractivity contribution in [3.8, 4) is 23.0 Å². The Hall–Kier alpha value is -5.63. The molecule has 0 radical (unpaired) electrons. The first-order chi connectivity index (χ1) is 29.0. The summed E-state index contributed by atoms with van der Waals surface area (Å²) in [6.45, 7) is 3.86. The average Bonchev–Trinajstić information content (AvgIpc) is 3.83. The molecule has 61 heavy (non-hydrogen) atoms. The monoisotopic (exact) mass is 939 g/mol. The number of carbonyl (C=O) groups is 2. The molecule has 1 aliphatic rings. The molecule has 7 aromatic heterocycles. The second-order valence-electron chi connectivity index (χ2n) is 14.4. The molecule has 0 unspecified atom stereocenters. The number of ketones is 2. The Morgan fingerprint density at radius 1 is 0.852 bits per heavy atom. The van der Waals surface area contributed by atoms with Crippen LogP contribution in [0, 0.1) is 0 Å². The van der Waals surface area contributed by atoms with Gasteiger partial charge in [0.25, 0.3) is 5.92 Å².